The summed E-state index contributed by atoms with van der Waals surface area (Å²) in [5, 5.41) is 10.0. The lowest BCUT2D eigenvalue weighted by Crippen LogP contribution is -2.10. The zero-order valence-corrected chi connectivity index (χ0v) is 30.7. The van der Waals surface area contributed by atoms with Gasteiger partial charge in [-0.25, -0.2) is 0 Å². The van der Waals surface area contributed by atoms with E-state index in [-0.39, 0.29) is 0 Å². The van der Waals surface area contributed by atoms with Gasteiger partial charge in [0.25, 0.3) is 0 Å². The first-order valence-electron chi connectivity index (χ1n) is 19.3. The number of rotatable bonds is 6. The van der Waals surface area contributed by atoms with Crippen LogP contribution in [0.1, 0.15) is 0 Å². The fraction of sp³-hybridized carbons (Fsp3) is 0. The van der Waals surface area contributed by atoms with E-state index in [1.54, 1.807) is 0 Å². The molecule has 0 aliphatic rings. The van der Waals surface area contributed by atoms with Crippen LogP contribution in [0, 0.1) is 0 Å². The van der Waals surface area contributed by atoms with Crippen LogP contribution in [0.3, 0.4) is 0 Å². The predicted octanol–water partition coefficient (Wildman–Crippen LogP) is 15.0. The summed E-state index contributed by atoms with van der Waals surface area (Å²) in [5.74, 6) is 0. The second-order valence-electron chi connectivity index (χ2n) is 14.5. The molecule has 0 amide bonds. The third-order valence-corrected chi connectivity index (χ3v) is 11.3. The Morgan fingerprint density at radius 2 is 0.929 bits per heavy atom. The van der Waals surface area contributed by atoms with E-state index in [1.807, 2.05) is 0 Å². The van der Waals surface area contributed by atoms with Crippen molar-refractivity contribution < 1.29 is 0 Å². The molecular weight excluding hydrogens is 677 g/mol. The molecule has 11 rings (SSSR count). The maximum absolute atomic E-state index is 2.39. The van der Waals surface area contributed by atoms with Crippen LogP contribution in [-0.4, -0.2) is 4.57 Å². The Hall–Kier alpha value is -7.42. The molecule has 0 bridgehead atoms. The third kappa shape index (κ3) is 5.26. The first-order chi connectivity index (χ1) is 27.8. The molecule has 0 N–H and O–H groups in total. The minimum absolute atomic E-state index is 1.10. The Morgan fingerprint density at radius 3 is 1.77 bits per heavy atom. The van der Waals surface area contributed by atoms with Crippen LogP contribution in [-0.2, 0) is 0 Å². The van der Waals surface area contributed by atoms with E-state index in [2.05, 4.69) is 228 Å². The Bertz CT molecular complexity index is 3250. The van der Waals surface area contributed by atoms with E-state index in [4.69, 9.17) is 0 Å². The Morgan fingerprint density at radius 1 is 0.304 bits per heavy atom. The highest BCUT2D eigenvalue weighted by Gasteiger charge is 2.19. The summed E-state index contributed by atoms with van der Waals surface area (Å²) >= 11 is 0. The normalized spacial score (nSPS) is 11.6. The van der Waals surface area contributed by atoms with Gasteiger partial charge in [-0.1, -0.05) is 152 Å². The molecule has 1 heterocycles. The Kier molecular flexibility index (Phi) is 7.53. The summed E-state index contributed by atoms with van der Waals surface area (Å²) in [6.07, 6.45) is 0. The number of hydrogen-bond donors (Lipinski definition) is 0. The molecule has 10 aromatic carbocycles. The number of nitrogens with zero attached hydrogens (tertiary/aromatic N) is 2. The fourth-order valence-electron chi connectivity index (χ4n) is 8.77. The van der Waals surface area contributed by atoms with E-state index in [0.29, 0.717) is 0 Å². The third-order valence-electron chi connectivity index (χ3n) is 11.3. The summed E-state index contributed by atoms with van der Waals surface area (Å²) in [5.41, 5.74) is 11.7. The monoisotopic (exact) mass is 712 g/mol. The first kappa shape index (κ1) is 32.0. The van der Waals surface area contributed by atoms with Crippen molar-refractivity contribution >= 4 is 71.2 Å². The number of hydrogen-bond acceptors (Lipinski definition) is 1. The highest BCUT2D eigenvalue weighted by Crippen LogP contribution is 2.43. The van der Waals surface area contributed by atoms with Gasteiger partial charge in [0.15, 0.2) is 0 Å². The highest BCUT2D eigenvalue weighted by atomic mass is 15.1. The van der Waals surface area contributed by atoms with E-state index < -0.39 is 0 Å². The highest BCUT2D eigenvalue weighted by molar-refractivity contribution is 6.16. The van der Waals surface area contributed by atoms with Crippen LogP contribution in [0.15, 0.2) is 218 Å². The zero-order chi connectivity index (χ0) is 37.0. The van der Waals surface area contributed by atoms with E-state index in [1.165, 1.54) is 76.4 Å². The Balaban J connectivity index is 1.08. The molecule has 0 saturated heterocycles. The minimum atomic E-state index is 1.10. The summed E-state index contributed by atoms with van der Waals surface area (Å²) in [6.45, 7) is 0. The molecule has 2 nitrogen and oxygen atoms in total. The smallest absolute Gasteiger partial charge is 0.0547 e. The van der Waals surface area contributed by atoms with Gasteiger partial charge in [0.2, 0.25) is 0 Å². The summed E-state index contributed by atoms with van der Waals surface area (Å²) in [7, 11) is 0. The molecular formula is C54H36N2. The molecule has 0 unspecified atom stereocenters. The van der Waals surface area contributed by atoms with Crippen molar-refractivity contribution in [2.24, 2.45) is 0 Å². The van der Waals surface area contributed by atoms with Crippen molar-refractivity contribution in [3.63, 3.8) is 0 Å². The van der Waals surface area contributed by atoms with Crippen molar-refractivity contribution in [3.8, 4) is 27.9 Å². The van der Waals surface area contributed by atoms with Gasteiger partial charge < -0.3 is 9.47 Å². The van der Waals surface area contributed by atoms with Crippen molar-refractivity contribution in [2.75, 3.05) is 4.90 Å². The van der Waals surface area contributed by atoms with Crippen LogP contribution >= 0.6 is 0 Å². The SMILES string of the molecule is c1ccc(-n2c3ccccc3c3c(-c4cccc(N(c5ccc(-c6cc7ccccc7c7ccccc67)cc5)c5ccc6ccccc6c5)c4)cccc32)cc1. The van der Waals surface area contributed by atoms with E-state index >= 15 is 0 Å². The molecule has 0 radical (unpaired) electrons. The molecule has 0 aliphatic carbocycles. The topological polar surface area (TPSA) is 8.17 Å². The largest absolute Gasteiger partial charge is 0.310 e. The quantitative estimate of drug-likeness (QED) is 0.156. The molecule has 0 atom stereocenters. The lowest BCUT2D eigenvalue weighted by atomic mass is 9.93. The average molecular weight is 713 g/mol. The maximum Gasteiger partial charge on any atom is 0.0547 e. The molecule has 0 saturated carbocycles. The van der Waals surface area contributed by atoms with Crippen molar-refractivity contribution in [1.29, 1.82) is 0 Å². The van der Waals surface area contributed by atoms with Crippen LogP contribution in [0.4, 0.5) is 17.1 Å². The number of fused-ring (bicyclic) bond motifs is 7. The van der Waals surface area contributed by atoms with Gasteiger partial charge in [0.05, 0.1) is 11.0 Å². The second-order valence-corrected chi connectivity index (χ2v) is 14.5. The lowest BCUT2D eigenvalue weighted by molar-refractivity contribution is 1.18. The molecule has 262 valence electrons. The average Bonchev–Trinajstić information content (AvgIpc) is 3.61. The van der Waals surface area contributed by atoms with Crippen molar-refractivity contribution in [3.05, 3.63) is 218 Å². The molecule has 2 heteroatoms. The van der Waals surface area contributed by atoms with Gasteiger partial charge in [-0.15, -0.1) is 0 Å². The van der Waals surface area contributed by atoms with Gasteiger partial charge in [-0.2, -0.15) is 0 Å². The second kappa shape index (κ2) is 13.2. The van der Waals surface area contributed by atoms with Crippen molar-refractivity contribution in [1.82, 2.24) is 4.57 Å². The summed E-state index contributed by atoms with van der Waals surface area (Å²) in [4.78, 5) is 2.39. The zero-order valence-electron chi connectivity index (χ0n) is 30.7. The van der Waals surface area contributed by atoms with Gasteiger partial charge in [0.1, 0.15) is 0 Å². The number of aromatic nitrogens is 1. The van der Waals surface area contributed by atoms with Gasteiger partial charge in [-0.3, -0.25) is 0 Å². The van der Waals surface area contributed by atoms with Crippen LogP contribution < -0.4 is 4.90 Å². The number of para-hydroxylation sites is 2. The minimum Gasteiger partial charge on any atom is -0.310 e. The summed E-state index contributed by atoms with van der Waals surface area (Å²) < 4.78 is 2.39. The van der Waals surface area contributed by atoms with Crippen LogP contribution in [0.2, 0.25) is 0 Å². The summed E-state index contributed by atoms with van der Waals surface area (Å²) in [6, 6.07) is 79.5. The lowest BCUT2D eigenvalue weighted by Gasteiger charge is -2.27. The van der Waals surface area contributed by atoms with E-state index in [0.717, 1.165) is 22.7 Å². The molecule has 0 spiro atoms. The van der Waals surface area contributed by atoms with Gasteiger partial charge in [-0.05, 0) is 121 Å². The van der Waals surface area contributed by atoms with E-state index in [9.17, 15) is 0 Å². The molecule has 0 fully saturated rings. The predicted molar refractivity (Wildman–Crippen MR) is 239 cm³/mol. The number of anilines is 3. The maximum atomic E-state index is 2.39. The molecule has 56 heavy (non-hydrogen) atoms. The molecule has 11 aromatic rings. The molecule has 1 aromatic heterocycles. The standard InChI is InChI=1S/C54H36N2/c1-2-18-42(19-3-1)56-52-26-11-10-24-50(52)54-47(25-13-27-53(54)56)40-17-12-20-44(35-40)55(45-33-28-37-14-4-5-15-39(37)34-45)43-31-29-38(30-32-43)51-36-41-16-6-7-21-46(41)48-22-8-9-23-49(48)51/h1-36H. The molecule has 0 aliphatic heterocycles. The number of benzene rings is 10. The van der Waals surface area contributed by atoms with Gasteiger partial charge >= 0.3 is 0 Å². The Labute approximate surface area is 325 Å². The van der Waals surface area contributed by atoms with Crippen LogP contribution in [0.25, 0.3) is 82.1 Å². The first-order valence-corrected chi connectivity index (χ1v) is 19.3. The fourth-order valence-corrected chi connectivity index (χ4v) is 8.77. The van der Waals surface area contributed by atoms with Crippen molar-refractivity contribution in [2.45, 2.75) is 0 Å². The van der Waals surface area contributed by atoms with Crippen LogP contribution in [0.5, 0.6) is 0 Å². The van der Waals surface area contributed by atoms with Gasteiger partial charge in [0, 0.05) is 33.5 Å².